The molecule has 0 aromatic carbocycles. The van der Waals surface area contributed by atoms with E-state index in [2.05, 4.69) is 0 Å². The zero-order valence-corrected chi connectivity index (χ0v) is 11.7. The number of rotatable bonds is 3. The molecule has 0 aromatic rings. The summed E-state index contributed by atoms with van der Waals surface area (Å²) in [6, 6.07) is 0. The van der Waals surface area contributed by atoms with Gasteiger partial charge in [0.05, 0.1) is 0 Å². The fourth-order valence-electron chi connectivity index (χ4n) is 4.51. The molecule has 0 aliphatic heterocycles. The van der Waals surface area contributed by atoms with Crippen LogP contribution in [0.25, 0.3) is 0 Å². The third kappa shape index (κ3) is 2.65. The minimum atomic E-state index is 0.454. The van der Waals surface area contributed by atoms with E-state index in [0.717, 1.165) is 11.8 Å². The standard InChI is InChI=1S/C17H28O/c18-17(15-7-4-8-15)16-11-9-14(10-12-16)13-5-2-1-3-6-13/h13-16H,1-12H2. The molecule has 0 amide bonds. The molecular weight excluding hydrogens is 220 g/mol. The SMILES string of the molecule is O=C(C1CCC1)C1CCC(C2CCCCC2)CC1. The van der Waals surface area contributed by atoms with Crippen molar-refractivity contribution < 1.29 is 4.79 Å². The van der Waals surface area contributed by atoms with Crippen molar-refractivity contribution in [3.05, 3.63) is 0 Å². The largest absolute Gasteiger partial charge is 0.299 e. The molecule has 102 valence electrons. The lowest BCUT2D eigenvalue weighted by Gasteiger charge is -2.37. The first-order valence-electron chi connectivity index (χ1n) is 8.38. The highest BCUT2D eigenvalue weighted by Crippen LogP contribution is 2.42. The van der Waals surface area contributed by atoms with Crippen LogP contribution in [-0.4, -0.2) is 5.78 Å². The average Bonchev–Trinajstić information content (AvgIpc) is 2.38. The van der Waals surface area contributed by atoms with E-state index in [-0.39, 0.29) is 0 Å². The van der Waals surface area contributed by atoms with Crippen molar-refractivity contribution in [1.29, 1.82) is 0 Å². The highest BCUT2D eigenvalue weighted by Gasteiger charge is 2.35. The minimum absolute atomic E-state index is 0.454. The summed E-state index contributed by atoms with van der Waals surface area (Å²) in [6.07, 6.45) is 16.2. The second kappa shape index (κ2) is 5.75. The van der Waals surface area contributed by atoms with Crippen molar-refractivity contribution in [1.82, 2.24) is 0 Å². The van der Waals surface area contributed by atoms with Crippen LogP contribution in [0, 0.1) is 23.7 Å². The van der Waals surface area contributed by atoms with Gasteiger partial charge in [-0.1, -0.05) is 38.5 Å². The Kier molecular flexibility index (Phi) is 4.06. The maximum atomic E-state index is 12.3. The molecule has 1 heteroatoms. The first-order valence-corrected chi connectivity index (χ1v) is 8.38. The van der Waals surface area contributed by atoms with Gasteiger partial charge in [-0.15, -0.1) is 0 Å². The topological polar surface area (TPSA) is 17.1 Å². The molecule has 0 unspecified atom stereocenters. The molecule has 3 rings (SSSR count). The van der Waals surface area contributed by atoms with Gasteiger partial charge in [0, 0.05) is 11.8 Å². The van der Waals surface area contributed by atoms with Gasteiger partial charge >= 0.3 is 0 Å². The van der Waals surface area contributed by atoms with E-state index in [1.807, 2.05) is 0 Å². The first-order chi connectivity index (χ1) is 8.84. The molecule has 3 aliphatic rings. The number of hydrogen-bond donors (Lipinski definition) is 0. The van der Waals surface area contributed by atoms with Gasteiger partial charge in [0.1, 0.15) is 5.78 Å². The summed E-state index contributed by atoms with van der Waals surface area (Å²) in [4.78, 5) is 12.3. The van der Waals surface area contributed by atoms with Crippen LogP contribution in [0.2, 0.25) is 0 Å². The van der Waals surface area contributed by atoms with Crippen molar-refractivity contribution in [2.24, 2.45) is 23.7 Å². The zero-order valence-electron chi connectivity index (χ0n) is 11.7. The summed E-state index contributed by atoms with van der Waals surface area (Å²) in [5.41, 5.74) is 0. The van der Waals surface area contributed by atoms with Crippen LogP contribution in [0.1, 0.15) is 77.0 Å². The van der Waals surface area contributed by atoms with Crippen LogP contribution in [0.4, 0.5) is 0 Å². The normalized spacial score (nSPS) is 35.1. The predicted octanol–water partition coefficient (Wildman–Crippen LogP) is 4.74. The number of ketones is 1. The van der Waals surface area contributed by atoms with Crippen LogP contribution in [0.5, 0.6) is 0 Å². The summed E-state index contributed by atoms with van der Waals surface area (Å²) < 4.78 is 0. The molecule has 3 saturated carbocycles. The molecule has 0 spiro atoms. The Morgan fingerprint density at radius 1 is 0.556 bits per heavy atom. The Labute approximate surface area is 112 Å². The summed E-state index contributed by atoms with van der Waals surface area (Å²) in [5.74, 6) is 3.55. The smallest absolute Gasteiger partial charge is 0.139 e. The number of carbonyl (C=O) groups excluding carboxylic acids is 1. The number of Topliss-reactive ketones (excluding diaryl/α,β-unsaturated/α-hetero) is 1. The fraction of sp³-hybridized carbons (Fsp3) is 0.941. The molecular formula is C17H28O. The molecule has 0 bridgehead atoms. The molecule has 0 N–H and O–H groups in total. The zero-order chi connectivity index (χ0) is 12.4. The molecule has 1 nitrogen and oxygen atoms in total. The van der Waals surface area contributed by atoms with E-state index in [9.17, 15) is 4.79 Å². The van der Waals surface area contributed by atoms with E-state index in [1.165, 1.54) is 77.0 Å². The molecule has 3 fully saturated rings. The summed E-state index contributed by atoms with van der Waals surface area (Å²) >= 11 is 0. The van der Waals surface area contributed by atoms with Crippen molar-refractivity contribution in [3.8, 4) is 0 Å². The molecule has 3 aliphatic carbocycles. The third-order valence-corrected chi connectivity index (χ3v) is 6.00. The molecule has 0 heterocycles. The summed E-state index contributed by atoms with van der Waals surface area (Å²) in [6.45, 7) is 0. The van der Waals surface area contributed by atoms with Crippen LogP contribution >= 0.6 is 0 Å². The third-order valence-electron chi connectivity index (χ3n) is 6.00. The van der Waals surface area contributed by atoms with Gasteiger partial charge in [0.15, 0.2) is 0 Å². The van der Waals surface area contributed by atoms with Crippen molar-refractivity contribution in [3.63, 3.8) is 0 Å². The van der Waals surface area contributed by atoms with E-state index in [1.54, 1.807) is 0 Å². The molecule has 18 heavy (non-hydrogen) atoms. The van der Waals surface area contributed by atoms with E-state index in [0.29, 0.717) is 17.6 Å². The van der Waals surface area contributed by atoms with Crippen LogP contribution in [0.15, 0.2) is 0 Å². The van der Waals surface area contributed by atoms with Gasteiger partial charge < -0.3 is 0 Å². The quantitative estimate of drug-likeness (QED) is 0.705. The highest BCUT2D eigenvalue weighted by molar-refractivity contribution is 5.84. The van der Waals surface area contributed by atoms with Gasteiger partial charge in [-0.25, -0.2) is 0 Å². The van der Waals surface area contributed by atoms with Gasteiger partial charge in [-0.05, 0) is 50.4 Å². The van der Waals surface area contributed by atoms with Crippen LogP contribution < -0.4 is 0 Å². The summed E-state index contributed by atoms with van der Waals surface area (Å²) in [5, 5.41) is 0. The van der Waals surface area contributed by atoms with E-state index < -0.39 is 0 Å². The van der Waals surface area contributed by atoms with E-state index >= 15 is 0 Å². The molecule has 0 saturated heterocycles. The molecule has 0 radical (unpaired) electrons. The van der Waals surface area contributed by atoms with Gasteiger partial charge in [0.25, 0.3) is 0 Å². The van der Waals surface area contributed by atoms with Crippen molar-refractivity contribution >= 4 is 5.78 Å². The maximum absolute atomic E-state index is 12.3. The molecule has 0 aromatic heterocycles. The molecule has 0 atom stereocenters. The number of carbonyl (C=O) groups is 1. The predicted molar refractivity (Wildman–Crippen MR) is 74.4 cm³/mol. The average molecular weight is 248 g/mol. The lowest BCUT2D eigenvalue weighted by Crippen LogP contribution is -2.32. The highest BCUT2D eigenvalue weighted by atomic mass is 16.1. The summed E-state index contributed by atoms with van der Waals surface area (Å²) in [7, 11) is 0. The second-order valence-corrected chi connectivity index (χ2v) is 7.04. The van der Waals surface area contributed by atoms with Gasteiger partial charge in [-0.3, -0.25) is 4.79 Å². The second-order valence-electron chi connectivity index (χ2n) is 7.04. The Morgan fingerprint density at radius 2 is 1.11 bits per heavy atom. The Bertz CT molecular complexity index is 278. The maximum Gasteiger partial charge on any atom is 0.139 e. The monoisotopic (exact) mass is 248 g/mol. The fourth-order valence-corrected chi connectivity index (χ4v) is 4.51. The Morgan fingerprint density at radius 3 is 1.67 bits per heavy atom. The first kappa shape index (κ1) is 12.7. The van der Waals surface area contributed by atoms with Crippen molar-refractivity contribution in [2.75, 3.05) is 0 Å². The van der Waals surface area contributed by atoms with Gasteiger partial charge in [0.2, 0.25) is 0 Å². The van der Waals surface area contributed by atoms with Crippen LogP contribution in [0.3, 0.4) is 0 Å². The van der Waals surface area contributed by atoms with Crippen molar-refractivity contribution in [2.45, 2.75) is 77.0 Å². The van der Waals surface area contributed by atoms with E-state index in [4.69, 9.17) is 0 Å². The lowest BCUT2D eigenvalue weighted by molar-refractivity contribution is -0.130. The Hall–Kier alpha value is -0.330. The Balaban J connectivity index is 1.46. The number of hydrogen-bond acceptors (Lipinski definition) is 1. The van der Waals surface area contributed by atoms with Gasteiger partial charge in [-0.2, -0.15) is 0 Å². The lowest BCUT2D eigenvalue weighted by atomic mass is 9.67. The minimum Gasteiger partial charge on any atom is -0.299 e. The van der Waals surface area contributed by atoms with Crippen LogP contribution in [-0.2, 0) is 4.79 Å².